The number of amides is 3. The standard InChI is InChI=1S/C14H23N3O5/c1-3-15-13(21)10-5-4-8-17(10)14(22)9(2)16-11(18)6-7-12(19)20/h9-10H,3-8H2,1-2H3,(H,15,21)(H,16,18)(H,19,20)/t9-,10-/m0/s1. The number of likely N-dealkylation sites (N-methyl/N-ethyl adjacent to an activating group) is 1. The molecule has 0 aliphatic carbocycles. The number of nitrogens with zero attached hydrogens (tertiary/aromatic N) is 1. The molecule has 0 unspecified atom stereocenters. The summed E-state index contributed by atoms with van der Waals surface area (Å²) in [6.45, 7) is 4.33. The van der Waals surface area contributed by atoms with Crippen LogP contribution in [0, 0.1) is 0 Å². The number of carbonyl (C=O) groups is 4. The molecule has 0 bridgehead atoms. The van der Waals surface area contributed by atoms with Crippen molar-refractivity contribution in [3.63, 3.8) is 0 Å². The molecule has 0 aromatic carbocycles. The number of rotatable bonds is 7. The lowest BCUT2D eigenvalue weighted by Gasteiger charge is -2.27. The van der Waals surface area contributed by atoms with Crippen molar-refractivity contribution in [1.29, 1.82) is 0 Å². The summed E-state index contributed by atoms with van der Waals surface area (Å²) in [4.78, 5) is 47.7. The van der Waals surface area contributed by atoms with Gasteiger partial charge in [0.2, 0.25) is 17.7 Å². The van der Waals surface area contributed by atoms with Gasteiger partial charge in [0, 0.05) is 19.5 Å². The first-order valence-corrected chi connectivity index (χ1v) is 7.46. The molecule has 1 aliphatic rings. The summed E-state index contributed by atoms with van der Waals surface area (Å²) in [6, 6.07) is -1.28. The van der Waals surface area contributed by atoms with Crippen LogP contribution in [0.4, 0.5) is 0 Å². The largest absolute Gasteiger partial charge is 0.481 e. The molecule has 22 heavy (non-hydrogen) atoms. The van der Waals surface area contributed by atoms with Gasteiger partial charge in [-0.1, -0.05) is 0 Å². The van der Waals surface area contributed by atoms with E-state index in [9.17, 15) is 19.2 Å². The van der Waals surface area contributed by atoms with Crippen LogP contribution in [0.3, 0.4) is 0 Å². The van der Waals surface area contributed by atoms with E-state index in [-0.39, 0.29) is 24.7 Å². The lowest BCUT2D eigenvalue weighted by Crippen LogP contribution is -2.52. The average molecular weight is 313 g/mol. The van der Waals surface area contributed by atoms with E-state index in [1.54, 1.807) is 0 Å². The van der Waals surface area contributed by atoms with E-state index in [4.69, 9.17) is 5.11 Å². The summed E-state index contributed by atoms with van der Waals surface area (Å²) in [5.74, 6) is -2.06. The van der Waals surface area contributed by atoms with Gasteiger partial charge in [-0.3, -0.25) is 19.2 Å². The minimum Gasteiger partial charge on any atom is -0.481 e. The molecule has 0 radical (unpaired) electrons. The van der Waals surface area contributed by atoms with Crippen molar-refractivity contribution in [2.24, 2.45) is 0 Å². The summed E-state index contributed by atoms with van der Waals surface area (Å²) in [6.07, 6.45) is 0.898. The van der Waals surface area contributed by atoms with Gasteiger partial charge >= 0.3 is 5.97 Å². The molecule has 1 fully saturated rings. The Balaban J connectivity index is 2.56. The van der Waals surface area contributed by atoms with Crippen LogP contribution < -0.4 is 10.6 Å². The number of nitrogens with one attached hydrogen (secondary N) is 2. The Hall–Kier alpha value is -2.12. The SMILES string of the molecule is CCNC(=O)[C@@H]1CCCN1C(=O)[C@H](C)NC(=O)CCC(=O)O. The van der Waals surface area contributed by atoms with E-state index in [2.05, 4.69) is 10.6 Å². The number of carboxylic acid groups (broad SMARTS) is 1. The van der Waals surface area contributed by atoms with Gasteiger partial charge in [-0.15, -0.1) is 0 Å². The highest BCUT2D eigenvalue weighted by molar-refractivity contribution is 5.92. The smallest absolute Gasteiger partial charge is 0.303 e. The highest BCUT2D eigenvalue weighted by Gasteiger charge is 2.35. The summed E-state index contributed by atoms with van der Waals surface area (Å²) < 4.78 is 0. The van der Waals surface area contributed by atoms with Crippen LogP contribution in [0.1, 0.15) is 39.5 Å². The Bertz CT molecular complexity index is 452. The normalized spacial score (nSPS) is 18.6. The number of aliphatic carboxylic acids is 1. The molecular formula is C14H23N3O5. The quantitative estimate of drug-likeness (QED) is 0.585. The summed E-state index contributed by atoms with van der Waals surface area (Å²) in [5, 5.41) is 13.7. The third kappa shape index (κ3) is 5.01. The number of carbonyl (C=O) groups excluding carboxylic acids is 3. The molecule has 0 spiro atoms. The van der Waals surface area contributed by atoms with Crippen molar-refractivity contribution < 1.29 is 24.3 Å². The fraction of sp³-hybridized carbons (Fsp3) is 0.714. The van der Waals surface area contributed by atoms with Crippen molar-refractivity contribution in [3.05, 3.63) is 0 Å². The Labute approximate surface area is 129 Å². The molecule has 8 nitrogen and oxygen atoms in total. The van der Waals surface area contributed by atoms with E-state index >= 15 is 0 Å². The van der Waals surface area contributed by atoms with Crippen LogP contribution >= 0.6 is 0 Å². The van der Waals surface area contributed by atoms with Crippen molar-refractivity contribution in [3.8, 4) is 0 Å². The summed E-state index contributed by atoms with van der Waals surface area (Å²) in [5.41, 5.74) is 0. The van der Waals surface area contributed by atoms with E-state index in [1.165, 1.54) is 11.8 Å². The second-order valence-corrected chi connectivity index (χ2v) is 5.27. The first-order valence-electron chi connectivity index (χ1n) is 7.46. The lowest BCUT2D eigenvalue weighted by atomic mass is 10.2. The molecule has 0 aromatic rings. The average Bonchev–Trinajstić information content (AvgIpc) is 2.93. The molecule has 1 heterocycles. The number of hydrogen-bond donors (Lipinski definition) is 3. The Morgan fingerprint density at radius 3 is 2.55 bits per heavy atom. The van der Waals surface area contributed by atoms with Crippen LogP contribution in [-0.4, -0.2) is 58.9 Å². The maximum Gasteiger partial charge on any atom is 0.303 e. The maximum atomic E-state index is 12.4. The van der Waals surface area contributed by atoms with Crippen LogP contribution in [0.15, 0.2) is 0 Å². The molecule has 1 saturated heterocycles. The van der Waals surface area contributed by atoms with Gasteiger partial charge in [-0.2, -0.15) is 0 Å². The van der Waals surface area contributed by atoms with Gasteiger partial charge < -0.3 is 20.6 Å². The second-order valence-electron chi connectivity index (χ2n) is 5.27. The Morgan fingerprint density at radius 1 is 1.27 bits per heavy atom. The van der Waals surface area contributed by atoms with Crippen LogP contribution in [0.25, 0.3) is 0 Å². The van der Waals surface area contributed by atoms with Crippen molar-refractivity contribution in [1.82, 2.24) is 15.5 Å². The number of hydrogen-bond acceptors (Lipinski definition) is 4. The Morgan fingerprint density at radius 2 is 1.95 bits per heavy atom. The van der Waals surface area contributed by atoms with Crippen LogP contribution in [0.2, 0.25) is 0 Å². The van der Waals surface area contributed by atoms with Gasteiger partial charge in [-0.05, 0) is 26.7 Å². The Kier molecular flexibility index (Phi) is 6.81. The predicted molar refractivity (Wildman–Crippen MR) is 77.9 cm³/mol. The first-order chi connectivity index (χ1) is 10.4. The molecule has 2 atom stereocenters. The zero-order chi connectivity index (χ0) is 16.7. The van der Waals surface area contributed by atoms with E-state index < -0.39 is 24.0 Å². The highest BCUT2D eigenvalue weighted by Crippen LogP contribution is 2.18. The number of likely N-dealkylation sites (tertiary alicyclic amines) is 1. The third-order valence-electron chi connectivity index (χ3n) is 3.50. The summed E-state index contributed by atoms with van der Waals surface area (Å²) >= 11 is 0. The van der Waals surface area contributed by atoms with Gasteiger partial charge in [0.15, 0.2) is 0 Å². The molecular weight excluding hydrogens is 290 g/mol. The van der Waals surface area contributed by atoms with Gasteiger partial charge in [0.25, 0.3) is 0 Å². The second kappa shape index (κ2) is 8.35. The minimum atomic E-state index is -1.06. The van der Waals surface area contributed by atoms with E-state index in [1.807, 2.05) is 6.92 Å². The molecule has 8 heteroatoms. The van der Waals surface area contributed by atoms with Gasteiger partial charge in [0.05, 0.1) is 6.42 Å². The fourth-order valence-corrected chi connectivity index (χ4v) is 2.44. The highest BCUT2D eigenvalue weighted by atomic mass is 16.4. The van der Waals surface area contributed by atoms with E-state index in [0.717, 1.165) is 6.42 Å². The third-order valence-corrected chi connectivity index (χ3v) is 3.50. The summed E-state index contributed by atoms with van der Waals surface area (Å²) in [7, 11) is 0. The monoisotopic (exact) mass is 313 g/mol. The lowest BCUT2D eigenvalue weighted by molar-refractivity contribution is -0.141. The maximum absolute atomic E-state index is 12.4. The molecule has 3 N–H and O–H groups in total. The van der Waals surface area contributed by atoms with Gasteiger partial charge in [-0.25, -0.2) is 0 Å². The topological polar surface area (TPSA) is 116 Å². The predicted octanol–water partition coefficient (Wildman–Crippen LogP) is -0.517. The van der Waals surface area contributed by atoms with Crippen LogP contribution in [-0.2, 0) is 19.2 Å². The zero-order valence-electron chi connectivity index (χ0n) is 12.9. The zero-order valence-corrected chi connectivity index (χ0v) is 12.9. The van der Waals surface area contributed by atoms with Crippen molar-refractivity contribution >= 4 is 23.7 Å². The molecule has 0 saturated carbocycles. The molecule has 1 rings (SSSR count). The van der Waals surface area contributed by atoms with Crippen molar-refractivity contribution in [2.75, 3.05) is 13.1 Å². The molecule has 1 aliphatic heterocycles. The van der Waals surface area contributed by atoms with Crippen LogP contribution in [0.5, 0.6) is 0 Å². The first kappa shape index (κ1) is 17.9. The molecule has 3 amide bonds. The molecule has 0 aromatic heterocycles. The number of carboxylic acids is 1. The minimum absolute atomic E-state index is 0.174. The van der Waals surface area contributed by atoms with E-state index in [0.29, 0.717) is 19.5 Å². The fourth-order valence-electron chi connectivity index (χ4n) is 2.44. The van der Waals surface area contributed by atoms with Gasteiger partial charge in [0.1, 0.15) is 12.1 Å². The molecule has 124 valence electrons. The van der Waals surface area contributed by atoms with Crippen molar-refractivity contribution in [2.45, 2.75) is 51.6 Å².